The van der Waals surface area contributed by atoms with Crippen LogP contribution < -0.4 is 15.4 Å². The van der Waals surface area contributed by atoms with Crippen molar-refractivity contribution in [2.24, 2.45) is 5.41 Å². The first-order valence-electron chi connectivity index (χ1n) is 8.81. The summed E-state index contributed by atoms with van der Waals surface area (Å²) in [6, 6.07) is 16.3. The largest absolute Gasteiger partial charge is 0.496 e. The molecule has 2 amide bonds. The molecule has 138 valence electrons. The van der Waals surface area contributed by atoms with Crippen molar-refractivity contribution < 1.29 is 14.3 Å². The zero-order valence-electron chi connectivity index (χ0n) is 15.1. The van der Waals surface area contributed by atoms with Crippen molar-refractivity contribution in [1.82, 2.24) is 5.32 Å². The third-order valence-corrected chi connectivity index (χ3v) is 4.74. The van der Waals surface area contributed by atoms with Crippen LogP contribution in [0.2, 0.25) is 0 Å². The Morgan fingerprint density at radius 2 is 1.93 bits per heavy atom. The first kappa shape index (κ1) is 18.5. The fraction of sp³-hybridized carbons (Fsp3) is 0.286. The normalized spacial score (nSPS) is 13.9. The monoisotopic (exact) mass is 363 g/mol. The molecule has 0 bridgehead atoms. The van der Waals surface area contributed by atoms with Crippen molar-refractivity contribution in [2.45, 2.75) is 19.3 Å². The summed E-state index contributed by atoms with van der Waals surface area (Å²) in [4.78, 5) is 25.2. The van der Waals surface area contributed by atoms with Crippen LogP contribution in [0.4, 0.5) is 5.69 Å². The Hall–Kier alpha value is -3.33. The maximum Gasteiger partial charge on any atom is 0.240 e. The minimum atomic E-state index is -1.01. The number of hydrogen-bond donors (Lipinski definition) is 2. The molecule has 0 radical (unpaired) electrons. The Balaban J connectivity index is 1.57. The van der Waals surface area contributed by atoms with Crippen LogP contribution in [0.3, 0.4) is 0 Å². The predicted octanol–water partition coefficient (Wildman–Crippen LogP) is 2.64. The summed E-state index contributed by atoms with van der Waals surface area (Å²) in [5, 5.41) is 14.6. The van der Waals surface area contributed by atoms with Crippen LogP contribution in [-0.2, 0) is 16.0 Å². The third kappa shape index (κ3) is 4.09. The van der Waals surface area contributed by atoms with Gasteiger partial charge in [-0.1, -0.05) is 24.3 Å². The lowest BCUT2D eigenvalue weighted by Gasteiger charge is -2.16. The van der Waals surface area contributed by atoms with Crippen molar-refractivity contribution in [1.29, 1.82) is 5.26 Å². The number of anilines is 1. The molecule has 1 saturated carbocycles. The predicted molar refractivity (Wildman–Crippen MR) is 101 cm³/mol. The van der Waals surface area contributed by atoms with E-state index in [0.717, 1.165) is 11.3 Å². The molecule has 3 rings (SSSR count). The molecule has 6 heteroatoms. The van der Waals surface area contributed by atoms with Gasteiger partial charge in [-0.2, -0.15) is 5.26 Å². The maximum absolute atomic E-state index is 12.6. The van der Waals surface area contributed by atoms with Gasteiger partial charge in [0, 0.05) is 12.2 Å². The molecule has 0 unspecified atom stereocenters. The van der Waals surface area contributed by atoms with Gasteiger partial charge in [-0.05, 0) is 49.1 Å². The average molecular weight is 363 g/mol. The molecule has 0 heterocycles. The zero-order valence-corrected chi connectivity index (χ0v) is 15.1. The van der Waals surface area contributed by atoms with Crippen LogP contribution in [0.25, 0.3) is 0 Å². The highest BCUT2D eigenvalue weighted by molar-refractivity contribution is 6.13. The summed E-state index contributed by atoms with van der Waals surface area (Å²) in [6.07, 6.45) is 1.67. The van der Waals surface area contributed by atoms with Crippen LogP contribution in [0.1, 0.15) is 24.0 Å². The second-order valence-corrected chi connectivity index (χ2v) is 6.55. The summed E-state index contributed by atoms with van der Waals surface area (Å²) in [6.45, 7) is 0.429. The van der Waals surface area contributed by atoms with Gasteiger partial charge in [-0.25, -0.2) is 0 Å². The molecule has 1 aliphatic rings. The zero-order chi connectivity index (χ0) is 19.3. The third-order valence-electron chi connectivity index (χ3n) is 4.74. The van der Waals surface area contributed by atoms with Crippen molar-refractivity contribution in [3.05, 3.63) is 59.7 Å². The lowest BCUT2D eigenvalue weighted by molar-refractivity contribution is -0.134. The first-order chi connectivity index (χ1) is 13.1. The van der Waals surface area contributed by atoms with Crippen LogP contribution in [0, 0.1) is 16.7 Å². The number of carbonyl (C=O) groups is 2. The Morgan fingerprint density at radius 1 is 1.15 bits per heavy atom. The molecular weight excluding hydrogens is 342 g/mol. The van der Waals surface area contributed by atoms with E-state index in [1.807, 2.05) is 30.3 Å². The summed E-state index contributed by atoms with van der Waals surface area (Å²) in [7, 11) is 1.61. The molecule has 0 atom stereocenters. The van der Waals surface area contributed by atoms with Crippen molar-refractivity contribution in [3.63, 3.8) is 0 Å². The summed E-state index contributed by atoms with van der Waals surface area (Å²) in [5.74, 6) is 0.196. The number of benzene rings is 2. The van der Waals surface area contributed by atoms with Gasteiger partial charge >= 0.3 is 0 Å². The van der Waals surface area contributed by atoms with Crippen molar-refractivity contribution in [2.75, 3.05) is 19.0 Å². The Bertz CT molecular complexity index is 898. The minimum absolute atomic E-state index is 0.258. The molecule has 1 aliphatic carbocycles. The number of ether oxygens (including phenoxy) is 1. The molecule has 6 nitrogen and oxygen atoms in total. The fourth-order valence-corrected chi connectivity index (χ4v) is 2.99. The maximum atomic E-state index is 12.6. The molecular formula is C21H21N3O3. The average Bonchev–Trinajstić information content (AvgIpc) is 3.50. The molecule has 2 aromatic rings. The van der Waals surface area contributed by atoms with E-state index in [2.05, 4.69) is 10.6 Å². The Kier molecular flexibility index (Phi) is 5.41. The van der Waals surface area contributed by atoms with Gasteiger partial charge in [0.25, 0.3) is 0 Å². The number of amides is 2. The number of nitriles is 1. The van der Waals surface area contributed by atoms with Gasteiger partial charge in [0.05, 0.1) is 18.7 Å². The summed E-state index contributed by atoms with van der Waals surface area (Å²) < 4.78 is 5.31. The fourth-order valence-electron chi connectivity index (χ4n) is 2.99. The van der Waals surface area contributed by atoms with Gasteiger partial charge in [-0.3, -0.25) is 9.59 Å². The molecule has 27 heavy (non-hydrogen) atoms. The Labute approximate surface area is 158 Å². The second-order valence-electron chi connectivity index (χ2n) is 6.55. The van der Waals surface area contributed by atoms with Gasteiger partial charge in [-0.15, -0.1) is 0 Å². The number of hydrogen-bond acceptors (Lipinski definition) is 4. The van der Waals surface area contributed by atoms with E-state index < -0.39 is 5.41 Å². The molecule has 2 aromatic carbocycles. The van der Waals surface area contributed by atoms with Gasteiger partial charge in [0.15, 0.2) is 0 Å². The number of rotatable bonds is 7. The lowest BCUT2D eigenvalue weighted by Crippen LogP contribution is -2.40. The molecule has 0 saturated heterocycles. The van der Waals surface area contributed by atoms with E-state index in [9.17, 15) is 9.59 Å². The number of para-hydroxylation sites is 1. The topological polar surface area (TPSA) is 91.2 Å². The van der Waals surface area contributed by atoms with E-state index in [-0.39, 0.29) is 11.8 Å². The Morgan fingerprint density at radius 3 is 2.63 bits per heavy atom. The summed E-state index contributed by atoms with van der Waals surface area (Å²) in [5.41, 5.74) is 0.970. The SMILES string of the molecule is COc1ccccc1CCNC(=O)C1(C(=O)Nc2cccc(C#N)c2)CC1. The molecule has 0 aromatic heterocycles. The lowest BCUT2D eigenvalue weighted by atomic mass is 10.0. The minimum Gasteiger partial charge on any atom is -0.496 e. The highest BCUT2D eigenvalue weighted by Gasteiger charge is 2.56. The second kappa shape index (κ2) is 7.92. The van der Waals surface area contributed by atoms with Crippen molar-refractivity contribution in [3.8, 4) is 11.8 Å². The number of nitrogens with one attached hydrogen (secondary N) is 2. The van der Waals surface area contributed by atoms with Gasteiger partial charge in [0.1, 0.15) is 11.2 Å². The molecule has 2 N–H and O–H groups in total. The van der Waals surface area contributed by atoms with E-state index in [1.165, 1.54) is 0 Å². The molecule has 0 aliphatic heterocycles. The van der Waals surface area contributed by atoms with Crippen LogP contribution >= 0.6 is 0 Å². The van der Waals surface area contributed by atoms with E-state index in [0.29, 0.717) is 37.1 Å². The standard InChI is InChI=1S/C21H21N3O3/c1-27-18-8-3-2-6-16(18)9-12-23-19(25)21(10-11-21)20(26)24-17-7-4-5-15(13-17)14-22/h2-8,13H,9-12H2,1H3,(H,23,25)(H,24,26). The first-order valence-corrected chi connectivity index (χ1v) is 8.81. The van der Waals surface area contributed by atoms with Gasteiger partial charge in [0.2, 0.25) is 11.8 Å². The quantitative estimate of drug-likeness (QED) is 0.740. The van der Waals surface area contributed by atoms with Crippen LogP contribution in [-0.4, -0.2) is 25.5 Å². The van der Waals surface area contributed by atoms with Crippen LogP contribution in [0.5, 0.6) is 5.75 Å². The molecule has 1 fully saturated rings. The summed E-state index contributed by atoms with van der Waals surface area (Å²) >= 11 is 0. The highest BCUT2D eigenvalue weighted by atomic mass is 16.5. The van der Waals surface area contributed by atoms with Crippen LogP contribution in [0.15, 0.2) is 48.5 Å². The van der Waals surface area contributed by atoms with E-state index in [4.69, 9.17) is 10.00 Å². The van der Waals surface area contributed by atoms with Gasteiger partial charge < -0.3 is 15.4 Å². The number of methoxy groups -OCH3 is 1. The van der Waals surface area contributed by atoms with E-state index in [1.54, 1.807) is 31.4 Å². The number of carbonyl (C=O) groups excluding carboxylic acids is 2. The molecule has 0 spiro atoms. The number of nitrogens with zero attached hydrogens (tertiary/aromatic N) is 1. The smallest absolute Gasteiger partial charge is 0.240 e. The van der Waals surface area contributed by atoms with Crippen molar-refractivity contribution >= 4 is 17.5 Å². The highest BCUT2D eigenvalue weighted by Crippen LogP contribution is 2.46. The van der Waals surface area contributed by atoms with E-state index >= 15 is 0 Å².